The van der Waals surface area contributed by atoms with Crippen molar-refractivity contribution in [3.05, 3.63) is 53.2 Å². The molecule has 0 bridgehead atoms. The van der Waals surface area contributed by atoms with Gasteiger partial charge in [-0.25, -0.2) is 0 Å². The van der Waals surface area contributed by atoms with Crippen molar-refractivity contribution in [2.24, 2.45) is 0 Å². The zero-order valence-electron chi connectivity index (χ0n) is 12.2. The molecule has 1 saturated heterocycles. The van der Waals surface area contributed by atoms with Crippen molar-refractivity contribution in [3.8, 4) is 0 Å². The molecule has 1 fully saturated rings. The molecule has 0 N–H and O–H groups in total. The van der Waals surface area contributed by atoms with Gasteiger partial charge >= 0.3 is 0 Å². The predicted molar refractivity (Wildman–Crippen MR) is 77.0 cm³/mol. The maximum atomic E-state index is 12.6. The average Bonchev–Trinajstić information content (AvgIpc) is 3.01. The summed E-state index contributed by atoms with van der Waals surface area (Å²) >= 11 is 0. The molecule has 110 valence electrons. The van der Waals surface area contributed by atoms with Crippen LogP contribution in [0.1, 0.15) is 33.5 Å². The molecule has 2 aromatic heterocycles. The van der Waals surface area contributed by atoms with Gasteiger partial charge in [0.05, 0.1) is 19.4 Å². The van der Waals surface area contributed by atoms with Gasteiger partial charge in [0, 0.05) is 12.7 Å². The standard InChI is InChI=1S/C16H18N2O3/c1-11-8-12(2)15(17-9-11)16(19)18-5-7-21-14(10-18)13-4-3-6-20-13/h3-4,6,8-9,14H,5,7,10H2,1-2H3. The van der Waals surface area contributed by atoms with E-state index in [1.807, 2.05) is 32.0 Å². The van der Waals surface area contributed by atoms with Gasteiger partial charge in [-0.05, 0) is 37.1 Å². The molecule has 0 aliphatic carbocycles. The van der Waals surface area contributed by atoms with Crippen LogP contribution in [0.4, 0.5) is 0 Å². The smallest absolute Gasteiger partial charge is 0.272 e. The van der Waals surface area contributed by atoms with Crippen molar-refractivity contribution in [3.63, 3.8) is 0 Å². The van der Waals surface area contributed by atoms with Crippen LogP contribution in [-0.2, 0) is 4.74 Å². The van der Waals surface area contributed by atoms with Gasteiger partial charge in [-0.2, -0.15) is 0 Å². The molecular weight excluding hydrogens is 268 g/mol. The molecule has 0 saturated carbocycles. The van der Waals surface area contributed by atoms with Crippen molar-refractivity contribution < 1.29 is 13.9 Å². The largest absolute Gasteiger partial charge is 0.467 e. The van der Waals surface area contributed by atoms with Crippen LogP contribution in [0.2, 0.25) is 0 Å². The van der Waals surface area contributed by atoms with Gasteiger partial charge in [0.1, 0.15) is 17.6 Å². The van der Waals surface area contributed by atoms with Gasteiger partial charge in [-0.1, -0.05) is 6.07 Å². The van der Waals surface area contributed by atoms with E-state index in [2.05, 4.69) is 4.98 Å². The summed E-state index contributed by atoms with van der Waals surface area (Å²) in [5, 5.41) is 0. The predicted octanol–water partition coefficient (Wildman–Crippen LogP) is 2.51. The summed E-state index contributed by atoms with van der Waals surface area (Å²) in [5.41, 5.74) is 2.47. The second-order valence-electron chi connectivity index (χ2n) is 5.30. The number of amides is 1. The van der Waals surface area contributed by atoms with Gasteiger partial charge in [-0.15, -0.1) is 0 Å². The summed E-state index contributed by atoms with van der Waals surface area (Å²) < 4.78 is 11.0. The Balaban J connectivity index is 1.78. The van der Waals surface area contributed by atoms with E-state index in [9.17, 15) is 4.79 Å². The van der Waals surface area contributed by atoms with Crippen LogP contribution in [0.25, 0.3) is 0 Å². The first kappa shape index (κ1) is 13.8. The number of furan rings is 1. The normalized spacial score (nSPS) is 18.8. The molecule has 21 heavy (non-hydrogen) atoms. The molecule has 1 unspecified atom stereocenters. The van der Waals surface area contributed by atoms with Crippen LogP contribution in [0, 0.1) is 13.8 Å². The molecule has 1 aliphatic heterocycles. The van der Waals surface area contributed by atoms with E-state index in [0.29, 0.717) is 25.4 Å². The fourth-order valence-electron chi connectivity index (χ4n) is 2.57. The highest BCUT2D eigenvalue weighted by Gasteiger charge is 2.28. The van der Waals surface area contributed by atoms with E-state index in [1.54, 1.807) is 17.4 Å². The Morgan fingerprint density at radius 1 is 1.43 bits per heavy atom. The van der Waals surface area contributed by atoms with Gasteiger partial charge in [0.2, 0.25) is 0 Å². The lowest BCUT2D eigenvalue weighted by Gasteiger charge is -2.32. The van der Waals surface area contributed by atoms with Crippen molar-refractivity contribution in [2.75, 3.05) is 19.7 Å². The van der Waals surface area contributed by atoms with Crippen LogP contribution in [-0.4, -0.2) is 35.5 Å². The molecule has 5 heteroatoms. The van der Waals surface area contributed by atoms with E-state index in [-0.39, 0.29) is 12.0 Å². The summed E-state index contributed by atoms with van der Waals surface area (Å²) in [4.78, 5) is 18.7. The maximum Gasteiger partial charge on any atom is 0.272 e. The van der Waals surface area contributed by atoms with Crippen LogP contribution in [0.3, 0.4) is 0 Å². The number of rotatable bonds is 2. The minimum Gasteiger partial charge on any atom is -0.467 e. The number of pyridine rings is 1. The number of nitrogens with zero attached hydrogens (tertiary/aromatic N) is 2. The van der Waals surface area contributed by atoms with Crippen molar-refractivity contribution >= 4 is 5.91 Å². The summed E-state index contributed by atoms with van der Waals surface area (Å²) in [5.74, 6) is 0.702. The van der Waals surface area contributed by atoms with Gasteiger partial charge in [0.25, 0.3) is 5.91 Å². The molecule has 1 atom stereocenters. The van der Waals surface area contributed by atoms with Crippen LogP contribution in [0.15, 0.2) is 35.1 Å². The third kappa shape index (κ3) is 2.83. The summed E-state index contributed by atoms with van der Waals surface area (Å²) in [6, 6.07) is 5.67. The van der Waals surface area contributed by atoms with Crippen molar-refractivity contribution in [1.29, 1.82) is 0 Å². The number of morpholine rings is 1. The van der Waals surface area contributed by atoms with Gasteiger partial charge in [-0.3, -0.25) is 9.78 Å². The molecule has 3 heterocycles. The monoisotopic (exact) mass is 286 g/mol. The van der Waals surface area contributed by atoms with Crippen molar-refractivity contribution in [2.45, 2.75) is 20.0 Å². The number of hydrogen-bond donors (Lipinski definition) is 0. The fraction of sp³-hybridized carbons (Fsp3) is 0.375. The molecule has 2 aromatic rings. The Bertz CT molecular complexity index is 637. The van der Waals surface area contributed by atoms with E-state index >= 15 is 0 Å². The SMILES string of the molecule is Cc1cnc(C(=O)N2CCOC(c3ccco3)C2)c(C)c1. The number of carbonyl (C=O) groups excluding carboxylic acids is 1. The Labute approximate surface area is 123 Å². The Hall–Kier alpha value is -2.14. The highest BCUT2D eigenvalue weighted by Crippen LogP contribution is 2.23. The number of carbonyl (C=O) groups is 1. The highest BCUT2D eigenvalue weighted by atomic mass is 16.5. The summed E-state index contributed by atoms with van der Waals surface area (Å²) in [6.07, 6.45) is 3.14. The minimum absolute atomic E-state index is 0.0487. The van der Waals surface area contributed by atoms with Crippen LogP contribution < -0.4 is 0 Å². The van der Waals surface area contributed by atoms with E-state index in [4.69, 9.17) is 9.15 Å². The van der Waals surface area contributed by atoms with Crippen molar-refractivity contribution in [1.82, 2.24) is 9.88 Å². The quantitative estimate of drug-likeness (QED) is 0.851. The first-order valence-electron chi connectivity index (χ1n) is 7.02. The number of aryl methyl sites for hydroxylation is 2. The molecule has 1 amide bonds. The number of hydrogen-bond acceptors (Lipinski definition) is 4. The van der Waals surface area contributed by atoms with E-state index in [0.717, 1.165) is 16.9 Å². The maximum absolute atomic E-state index is 12.6. The number of aromatic nitrogens is 1. The Morgan fingerprint density at radius 2 is 2.29 bits per heavy atom. The fourth-order valence-corrected chi connectivity index (χ4v) is 2.57. The molecule has 0 aromatic carbocycles. The summed E-state index contributed by atoms with van der Waals surface area (Å²) in [6.45, 7) is 5.45. The lowest BCUT2D eigenvalue weighted by Crippen LogP contribution is -2.42. The van der Waals surface area contributed by atoms with Crippen LogP contribution in [0.5, 0.6) is 0 Å². The Kier molecular flexibility index (Phi) is 3.75. The summed E-state index contributed by atoms with van der Waals surface area (Å²) in [7, 11) is 0. The molecule has 5 nitrogen and oxygen atoms in total. The first-order chi connectivity index (χ1) is 10.1. The average molecular weight is 286 g/mol. The Morgan fingerprint density at radius 3 is 3.00 bits per heavy atom. The molecule has 0 spiro atoms. The molecule has 1 aliphatic rings. The lowest BCUT2D eigenvalue weighted by atomic mass is 10.1. The van der Waals surface area contributed by atoms with Gasteiger partial charge in [0.15, 0.2) is 0 Å². The topological polar surface area (TPSA) is 55.6 Å². The highest BCUT2D eigenvalue weighted by molar-refractivity contribution is 5.93. The van der Waals surface area contributed by atoms with Crippen LogP contribution >= 0.6 is 0 Å². The molecule has 0 radical (unpaired) electrons. The minimum atomic E-state index is -0.205. The van der Waals surface area contributed by atoms with E-state index < -0.39 is 0 Å². The second kappa shape index (κ2) is 5.69. The third-order valence-corrected chi connectivity index (χ3v) is 3.63. The van der Waals surface area contributed by atoms with Gasteiger partial charge < -0.3 is 14.1 Å². The van der Waals surface area contributed by atoms with E-state index in [1.165, 1.54) is 0 Å². The molecule has 3 rings (SSSR count). The lowest BCUT2D eigenvalue weighted by molar-refractivity contribution is -0.0323. The number of ether oxygens (including phenoxy) is 1. The first-order valence-corrected chi connectivity index (χ1v) is 7.02. The second-order valence-corrected chi connectivity index (χ2v) is 5.30. The third-order valence-electron chi connectivity index (χ3n) is 3.63. The zero-order valence-corrected chi connectivity index (χ0v) is 12.2. The molecular formula is C16H18N2O3. The zero-order chi connectivity index (χ0) is 14.8.